The fraction of sp³-hybridized carbons (Fsp3) is 0.429. The second kappa shape index (κ2) is 8.68. The number of hydrazine groups is 1. The van der Waals surface area contributed by atoms with Gasteiger partial charge in [0.05, 0.1) is 13.2 Å². The van der Waals surface area contributed by atoms with E-state index in [9.17, 15) is 9.59 Å². The van der Waals surface area contributed by atoms with Gasteiger partial charge in [-0.05, 0) is 45.0 Å². The molecule has 0 fully saturated rings. The van der Waals surface area contributed by atoms with Gasteiger partial charge in [-0.3, -0.25) is 10.2 Å². The van der Waals surface area contributed by atoms with Gasteiger partial charge in [0.25, 0.3) is 5.91 Å². The normalized spacial score (nSPS) is 11.2. The monoisotopic (exact) mass is 296 g/mol. The minimum Gasteiger partial charge on any atom is -0.494 e. The number of benzene rings is 1. The SMILES string of the molecule is CCOC(=O)NNC(=O)[C@H](C)Oc1ccc(OCC)cc1. The molecule has 0 aromatic heterocycles. The van der Waals surface area contributed by atoms with Crippen molar-refractivity contribution in [1.82, 2.24) is 10.9 Å². The molecule has 1 aromatic carbocycles. The predicted molar refractivity (Wildman–Crippen MR) is 76.0 cm³/mol. The van der Waals surface area contributed by atoms with Crippen LogP contribution in [0.2, 0.25) is 0 Å². The largest absolute Gasteiger partial charge is 0.494 e. The maximum absolute atomic E-state index is 11.7. The number of hydrogen-bond acceptors (Lipinski definition) is 5. The minimum atomic E-state index is -0.773. The van der Waals surface area contributed by atoms with Gasteiger partial charge >= 0.3 is 6.09 Å². The predicted octanol–water partition coefficient (Wildman–Crippen LogP) is 1.63. The van der Waals surface area contributed by atoms with E-state index in [2.05, 4.69) is 15.6 Å². The second-order valence-corrected chi connectivity index (χ2v) is 4.00. The summed E-state index contributed by atoms with van der Waals surface area (Å²) in [7, 11) is 0. The van der Waals surface area contributed by atoms with Crippen molar-refractivity contribution in [3.05, 3.63) is 24.3 Å². The van der Waals surface area contributed by atoms with E-state index in [1.54, 1.807) is 38.1 Å². The Labute approximate surface area is 123 Å². The molecule has 0 heterocycles. The Hall–Kier alpha value is -2.44. The molecule has 0 saturated carbocycles. The fourth-order valence-corrected chi connectivity index (χ4v) is 1.42. The highest BCUT2D eigenvalue weighted by Crippen LogP contribution is 2.18. The zero-order valence-electron chi connectivity index (χ0n) is 12.3. The summed E-state index contributed by atoms with van der Waals surface area (Å²) in [6.45, 7) is 5.93. The van der Waals surface area contributed by atoms with E-state index >= 15 is 0 Å². The van der Waals surface area contributed by atoms with Crippen LogP contribution in [0.3, 0.4) is 0 Å². The van der Waals surface area contributed by atoms with Gasteiger partial charge in [-0.15, -0.1) is 0 Å². The maximum atomic E-state index is 11.7. The van der Waals surface area contributed by atoms with Crippen LogP contribution in [0.4, 0.5) is 4.79 Å². The Morgan fingerprint density at radius 1 is 1.05 bits per heavy atom. The Morgan fingerprint density at radius 3 is 2.24 bits per heavy atom. The van der Waals surface area contributed by atoms with Crippen LogP contribution in [0.25, 0.3) is 0 Å². The van der Waals surface area contributed by atoms with Crippen LogP contribution in [-0.4, -0.2) is 31.3 Å². The van der Waals surface area contributed by atoms with Crippen molar-refractivity contribution in [2.75, 3.05) is 13.2 Å². The zero-order chi connectivity index (χ0) is 15.7. The van der Waals surface area contributed by atoms with Gasteiger partial charge in [0.2, 0.25) is 0 Å². The summed E-state index contributed by atoms with van der Waals surface area (Å²) in [5, 5.41) is 0. The van der Waals surface area contributed by atoms with E-state index in [1.165, 1.54) is 0 Å². The highest BCUT2D eigenvalue weighted by molar-refractivity contribution is 5.82. The van der Waals surface area contributed by atoms with Gasteiger partial charge in [0.15, 0.2) is 6.10 Å². The summed E-state index contributed by atoms with van der Waals surface area (Å²) in [6.07, 6.45) is -1.50. The highest BCUT2D eigenvalue weighted by atomic mass is 16.6. The molecule has 1 rings (SSSR count). The maximum Gasteiger partial charge on any atom is 0.426 e. The van der Waals surface area contributed by atoms with Gasteiger partial charge < -0.3 is 14.2 Å². The van der Waals surface area contributed by atoms with Crippen LogP contribution in [0.15, 0.2) is 24.3 Å². The molecule has 2 N–H and O–H groups in total. The average Bonchev–Trinajstić information content (AvgIpc) is 2.47. The fourth-order valence-electron chi connectivity index (χ4n) is 1.42. The molecule has 1 atom stereocenters. The van der Waals surface area contributed by atoms with Gasteiger partial charge in [-0.2, -0.15) is 0 Å². The summed E-state index contributed by atoms with van der Waals surface area (Å²) in [4.78, 5) is 22.7. The molecule has 0 radical (unpaired) electrons. The minimum absolute atomic E-state index is 0.222. The van der Waals surface area contributed by atoms with E-state index in [1.807, 2.05) is 6.92 Å². The van der Waals surface area contributed by atoms with E-state index in [0.717, 1.165) is 5.75 Å². The summed E-state index contributed by atoms with van der Waals surface area (Å²) in [6, 6.07) is 6.90. The van der Waals surface area contributed by atoms with Crippen molar-refractivity contribution in [2.24, 2.45) is 0 Å². The molecule has 21 heavy (non-hydrogen) atoms. The van der Waals surface area contributed by atoms with Crippen LogP contribution < -0.4 is 20.3 Å². The summed E-state index contributed by atoms with van der Waals surface area (Å²) < 4.78 is 15.4. The van der Waals surface area contributed by atoms with Crippen LogP contribution in [0.5, 0.6) is 11.5 Å². The van der Waals surface area contributed by atoms with Crippen molar-refractivity contribution in [2.45, 2.75) is 26.9 Å². The molecule has 0 aliphatic rings. The number of carbonyl (C=O) groups excluding carboxylic acids is 2. The molecule has 0 saturated heterocycles. The molecule has 0 bridgehead atoms. The number of ether oxygens (including phenoxy) is 3. The van der Waals surface area contributed by atoms with E-state index in [-0.39, 0.29) is 6.61 Å². The Morgan fingerprint density at radius 2 is 1.67 bits per heavy atom. The summed E-state index contributed by atoms with van der Waals surface area (Å²) in [5.74, 6) is 0.764. The molecule has 0 aliphatic carbocycles. The second-order valence-electron chi connectivity index (χ2n) is 4.00. The lowest BCUT2D eigenvalue weighted by Crippen LogP contribution is -2.47. The number of carbonyl (C=O) groups is 2. The average molecular weight is 296 g/mol. The topological polar surface area (TPSA) is 85.9 Å². The first kappa shape index (κ1) is 16.6. The van der Waals surface area contributed by atoms with Crippen molar-refractivity contribution >= 4 is 12.0 Å². The van der Waals surface area contributed by atoms with Crippen molar-refractivity contribution < 1.29 is 23.8 Å². The molecular weight excluding hydrogens is 276 g/mol. The first-order valence-electron chi connectivity index (χ1n) is 6.69. The number of amides is 2. The van der Waals surface area contributed by atoms with Crippen LogP contribution in [-0.2, 0) is 9.53 Å². The molecule has 7 nitrogen and oxygen atoms in total. The first-order chi connectivity index (χ1) is 10.1. The lowest BCUT2D eigenvalue weighted by Gasteiger charge is -2.15. The van der Waals surface area contributed by atoms with E-state index < -0.39 is 18.1 Å². The molecular formula is C14H20N2O5. The van der Waals surface area contributed by atoms with E-state index in [4.69, 9.17) is 9.47 Å². The number of nitrogens with one attached hydrogen (secondary N) is 2. The smallest absolute Gasteiger partial charge is 0.426 e. The summed E-state index contributed by atoms with van der Waals surface area (Å²) >= 11 is 0. The standard InChI is InChI=1S/C14H20N2O5/c1-4-19-11-6-8-12(9-7-11)21-10(3)13(17)15-16-14(18)20-5-2/h6-10H,4-5H2,1-3H3,(H,15,17)(H,16,18)/t10-/m0/s1. The van der Waals surface area contributed by atoms with Crippen LogP contribution >= 0.6 is 0 Å². The Kier molecular flexibility index (Phi) is 6.86. The zero-order valence-corrected chi connectivity index (χ0v) is 12.3. The Bertz CT molecular complexity index is 461. The molecule has 1 aromatic rings. The number of hydrogen-bond donors (Lipinski definition) is 2. The van der Waals surface area contributed by atoms with Gasteiger partial charge in [-0.1, -0.05) is 0 Å². The third-order valence-corrected chi connectivity index (χ3v) is 2.38. The van der Waals surface area contributed by atoms with Gasteiger partial charge in [0.1, 0.15) is 11.5 Å². The lowest BCUT2D eigenvalue weighted by molar-refractivity contribution is -0.128. The third-order valence-electron chi connectivity index (χ3n) is 2.38. The first-order valence-corrected chi connectivity index (χ1v) is 6.69. The van der Waals surface area contributed by atoms with E-state index in [0.29, 0.717) is 12.4 Å². The summed E-state index contributed by atoms with van der Waals surface area (Å²) in [5.41, 5.74) is 4.32. The molecule has 0 spiro atoms. The van der Waals surface area contributed by atoms with Gasteiger partial charge in [0, 0.05) is 0 Å². The Balaban J connectivity index is 2.42. The van der Waals surface area contributed by atoms with Crippen molar-refractivity contribution in [3.8, 4) is 11.5 Å². The van der Waals surface area contributed by atoms with Crippen LogP contribution in [0.1, 0.15) is 20.8 Å². The number of rotatable bonds is 6. The molecule has 0 aliphatic heterocycles. The molecule has 7 heteroatoms. The third kappa shape index (κ3) is 6.03. The lowest BCUT2D eigenvalue weighted by atomic mass is 10.3. The van der Waals surface area contributed by atoms with Gasteiger partial charge in [-0.25, -0.2) is 10.2 Å². The molecule has 0 unspecified atom stereocenters. The molecule has 2 amide bonds. The van der Waals surface area contributed by atoms with Crippen molar-refractivity contribution in [3.63, 3.8) is 0 Å². The van der Waals surface area contributed by atoms with Crippen LogP contribution in [0, 0.1) is 0 Å². The molecule has 116 valence electrons. The van der Waals surface area contributed by atoms with Crippen molar-refractivity contribution in [1.29, 1.82) is 0 Å². The highest BCUT2D eigenvalue weighted by Gasteiger charge is 2.15. The quantitative estimate of drug-likeness (QED) is 0.779.